The van der Waals surface area contributed by atoms with Crippen LogP contribution in [0.5, 0.6) is 0 Å². The first-order valence-corrected chi connectivity index (χ1v) is 8.38. The fourth-order valence-electron chi connectivity index (χ4n) is 3.19. The fourth-order valence-corrected chi connectivity index (χ4v) is 3.19. The minimum Gasteiger partial charge on any atom is -0.380 e. The van der Waals surface area contributed by atoms with Crippen LogP contribution in [-0.4, -0.2) is 29.6 Å². The molecular formula is C20H25F2NO. The van der Waals surface area contributed by atoms with E-state index in [1.54, 1.807) is 24.3 Å². The highest BCUT2D eigenvalue weighted by Crippen LogP contribution is 2.37. The molecule has 0 bridgehead atoms. The molecule has 0 amide bonds. The number of aliphatic hydroxyl groups is 1. The third-order valence-corrected chi connectivity index (χ3v) is 4.67. The molecule has 1 atom stereocenters. The van der Waals surface area contributed by atoms with Gasteiger partial charge in [-0.1, -0.05) is 45.0 Å². The van der Waals surface area contributed by atoms with Crippen LogP contribution in [0.25, 0.3) is 0 Å². The standard InChI is InChI=1S/C20H25F2NO/c1-4-23(5-2)14-15(3)20(24,16-8-6-10-18(21)12-16)17-9-7-11-19(22)13-17/h6-13,15,24H,4-5,14H2,1-3H3/t15-/m0/s1. The molecule has 1 N–H and O–H groups in total. The summed E-state index contributed by atoms with van der Waals surface area (Å²) in [4.78, 5) is 2.19. The van der Waals surface area contributed by atoms with Gasteiger partial charge in [0, 0.05) is 12.5 Å². The molecule has 2 aromatic rings. The van der Waals surface area contributed by atoms with Crippen LogP contribution in [0.4, 0.5) is 8.78 Å². The number of nitrogens with zero attached hydrogens (tertiary/aromatic N) is 1. The van der Waals surface area contributed by atoms with E-state index in [4.69, 9.17) is 0 Å². The molecule has 4 heteroatoms. The lowest BCUT2D eigenvalue weighted by Gasteiger charge is -2.38. The maximum absolute atomic E-state index is 13.8. The lowest BCUT2D eigenvalue weighted by molar-refractivity contribution is 0.00823. The van der Waals surface area contributed by atoms with Crippen molar-refractivity contribution in [1.29, 1.82) is 0 Å². The Kier molecular flexibility index (Phi) is 6.08. The lowest BCUT2D eigenvalue weighted by atomic mass is 9.76. The van der Waals surface area contributed by atoms with E-state index in [0.29, 0.717) is 17.7 Å². The molecule has 0 unspecified atom stereocenters. The van der Waals surface area contributed by atoms with Crippen molar-refractivity contribution in [3.63, 3.8) is 0 Å². The zero-order valence-corrected chi connectivity index (χ0v) is 14.5. The Balaban J connectivity index is 2.52. The van der Waals surface area contributed by atoms with Crippen molar-refractivity contribution in [2.45, 2.75) is 26.4 Å². The summed E-state index contributed by atoms with van der Waals surface area (Å²) in [6.45, 7) is 8.34. The molecule has 0 saturated heterocycles. The van der Waals surface area contributed by atoms with Crippen LogP contribution in [0.3, 0.4) is 0 Å². The third kappa shape index (κ3) is 3.82. The van der Waals surface area contributed by atoms with Crippen molar-refractivity contribution in [3.05, 3.63) is 71.3 Å². The zero-order valence-electron chi connectivity index (χ0n) is 14.5. The van der Waals surface area contributed by atoms with Crippen molar-refractivity contribution in [2.24, 2.45) is 5.92 Å². The van der Waals surface area contributed by atoms with E-state index in [-0.39, 0.29) is 5.92 Å². The van der Waals surface area contributed by atoms with Crippen molar-refractivity contribution in [2.75, 3.05) is 19.6 Å². The van der Waals surface area contributed by atoms with E-state index >= 15 is 0 Å². The highest BCUT2D eigenvalue weighted by molar-refractivity contribution is 5.37. The fraction of sp³-hybridized carbons (Fsp3) is 0.400. The van der Waals surface area contributed by atoms with E-state index in [1.165, 1.54) is 24.3 Å². The van der Waals surface area contributed by atoms with Crippen LogP contribution in [0.2, 0.25) is 0 Å². The van der Waals surface area contributed by atoms with Gasteiger partial charge in [-0.25, -0.2) is 8.78 Å². The normalized spacial score (nSPS) is 13.3. The molecular weight excluding hydrogens is 308 g/mol. The summed E-state index contributed by atoms with van der Waals surface area (Å²) < 4.78 is 27.5. The number of rotatable bonds is 7. The Labute approximate surface area is 142 Å². The average molecular weight is 333 g/mol. The maximum atomic E-state index is 13.8. The first-order chi connectivity index (χ1) is 11.4. The van der Waals surface area contributed by atoms with Crippen LogP contribution in [0.1, 0.15) is 31.9 Å². The topological polar surface area (TPSA) is 23.5 Å². The molecule has 0 radical (unpaired) electrons. The molecule has 0 fully saturated rings. The van der Waals surface area contributed by atoms with E-state index < -0.39 is 17.2 Å². The SMILES string of the molecule is CCN(CC)C[C@H](C)C(O)(c1cccc(F)c1)c1cccc(F)c1. The summed E-state index contributed by atoms with van der Waals surface area (Å²) in [7, 11) is 0. The Morgan fingerprint density at radius 3 is 1.79 bits per heavy atom. The molecule has 24 heavy (non-hydrogen) atoms. The van der Waals surface area contributed by atoms with Crippen molar-refractivity contribution >= 4 is 0 Å². The summed E-state index contributed by atoms with van der Waals surface area (Å²) in [5.74, 6) is -1.09. The Bertz CT molecular complexity index is 625. The van der Waals surface area contributed by atoms with Gasteiger partial charge in [0.2, 0.25) is 0 Å². The smallest absolute Gasteiger partial charge is 0.123 e. The second-order valence-electron chi connectivity index (χ2n) is 6.17. The van der Waals surface area contributed by atoms with Crippen LogP contribution < -0.4 is 0 Å². The predicted octanol–water partition coefficient (Wildman–Crippen LogP) is 4.18. The summed E-state index contributed by atoms with van der Waals surface area (Å²) in [5, 5.41) is 11.6. The van der Waals surface area contributed by atoms with Gasteiger partial charge in [0.1, 0.15) is 17.2 Å². The first kappa shape index (κ1) is 18.6. The van der Waals surface area contributed by atoms with Crippen molar-refractivity contribution < 1.29 is 13.9 Å². The van der Waals surface area contributed by atoms with Gasteiger partial charge < -0.3 is 10.0 Å². The van der Waals surface area contributed by atoms with E-state index in [9.17, 15) is 13.9 Å². The summed E-state index contributed by atoms with van der Waals surface area (Å²) in [6.07, 6.45) is 0. The Hall–Kier alpha value is -1.78. The van der Waals surface area contributed by atoms with Crippen LogP contribution >= 0.6 is 0 Å². The molecule has 0 aliphatic carbocycles. The molecule has 0 heterocycles. The molecule has 2 aromatic carbocycles. The number of hydrogen-bond donors (Lipinski definition) is 1. The van der Waals surface area contributed by atoms with Gasteiger partial charge >= 0.3 is 0 Å². The van der Waals surface area contributed by atoms with Gasteiger partial charge in [0.05, 0.1) is 0 Å². The molecule has 0 spiro atoms. The first-order valence-electron chi connectivity index (χ1n) is 8.38. The number of halogens is 2. The van der Waals surface area contributed by atoms with Gasteiger partial charge in [-0.05, 0) is 48.5 Å². The van der Waals surface area contributed by atoms with Crippen LogP contribution in [0.15, 0.2) is 48.5 Å². The monoisotopic (exact) mass is 333 g/mol. The van der Waals surface area contributed by atoms with E-state index in [0.717, 1.165) is 13.1 Å². The number of hydrogen-bond acceptors (Lipinski definition) is 2. The molecule has 0 aromatic heterocycles. The predicted molar refractivity (Wildman–Crippen MR) is 92.8 cm³/mol. The lowest BCUT2D eigenvalue weighted by Crippen LogP contribution is -2.42. The minimum absolute atomic E-state index is 0.249. The summed E-state index contributed by atoms with van der Waals surface area (Å²) in [5.41, 5.74) is -0.590. The second-order valence-corrected chi connectivity index (χ2v) is 6.17. The highest BCUT2D eigenvalue weighted by atomic mass is 19.1. The van der Waals surface area contributed by atoms with Crippen LogP contribution in [-0.2, 0) is 5.60 Å². The van der Waals surface area contributed by atoms with E-state index in [1.807, 2.05) is 6.92 Å². The molecule has 0 aliphatic heterocycles. The van der Waals surface area contributed by atoms with Gasteiger partial charge in [-0.3, -0.25) is 0 Å². The van der Waals surface area contributed by atoms with Crippen molar-refractivity contribution in [3.8, 4) is 0 Å². The zero-order chi connectivity index (χ0) is 17.7. The van der Waals surface area contributed by atoms with E-state index in [2.05, 4.69) is 18.7 Å². The average Bonchev–Trinajstić information content (AvgIpc) is 2.58. The molecule has 2 rings (SSSR count). The largest absolute Gasteiger partial charge is 0.380 e. The van der Waals surface area contributed by atoms with Gasteiger partial charge in [-0.15, -0.1) is 0 Å². The maximum Gasteiger partial charge on any atom is 0.123 e. The highest BCUT2D eigenvalue weighted by Gasteiger charge is 2.38. The Morgan fingerprint density at radius 1 is 0.958 bits per heavy atom. The summed E-state index contributed by atoms with van der Waals surface area (Å²) >= 11 is 0. The molecule has 130 valence electrons. The molecule has 0 saturated carbocycles. The Morgan fingerprint density at radius 2 is 1.42 bits per heavy atom. The molecule has 2 nitrogen and oxygen atoms in total. The van der Waals surface area contributed by atoms with Gasteiger partial charge in [0.15, 0.2) is 0 Å². The van der Waals surface area contributed by atoms with Gasteiger partial charge in [0.25, 0.3) is 0 Å². The van der Waals surface area contributed by atoms with Crippen molar-refractivity contribution in [1.82, 2.24) is 4.90 Å². The minimum atomic E-state index is -1.47. The summed E-state index contributed by atoms with van der Waals surface area (Å²) in [6, 6.07) is 11.8. The van der Waals surface area contributed by atoms with Crippen LogP contribution in [0, 0.1) is 17.6 Å². The second kappa shape index (κ2) is 7.86. The van der Waals surface area contributed by atoms with Gasteiger partial charge in [-0.2, -0.15) is 0 Å². The third-order valence-electron chi connectivity index (χ3n) is 4.67. The molecule has 0 aliphatic rings. The number of benzene rings is 2. The quantitative estimate of drug-likeness (QED) is 0.822.